The summed E-state index contributed by atoms with van der Waals surface area (Å²) in [5.74, 6) is 0.844. The SMILES string of the molecule is [2H]C([2H])([2H])n1[cH+]n(-c2[c-]c(N(c3[c-]c4c(cc3)c3ccccc3n4-c3cc(C(C)(C)C)ccn3)c3c(C)cccc3C)ccc2)c2ccccc21.[Pt]. The Morgan fingerprint density at radius 3 is 2.18 bits per heavy atom. The molecular formula is C43H38N5Pt-. The molecule has 0 saturated heterocycles. The Bertz CT molecular complexity index is 2590. The molecule has 49 heavy (non-hydrogen) atoms. The van der Waals surface area contributed by atoms with Crippen LogP contribution in [0.25, 0.3) is 44.3 Å². The van der Waals surface area contributed by atoms with Crippen LogP contribution in [0.2, 0.25) is 0 Å². The number of anilines is 3. The molecule has 5 aromatic carbocycles. The predicted molar refractivity (Wildman–Crippen MR) is 199 cm³/mol. The third-order valence-electron chi connectivity index (χ3n) is 9.21. The van der Waals surface area contributed by atoms with Crippen molar-refractivity contribution in [2.24, 2.45) is 6.98 Å². The third-order valence-corrected chi connectivity index (χ3v) is 9.21. The van der Waals surface area contributed by atoms with Gasteiger partial charge in [0.15, 0.2) is 17.4 Å². The number of nitrogens with zero attached hydrogens (tertiary/aromatic N) is 5. The summed E-state index contributed by atoms with van der Waals surface area (Å²) in [5, 5.41) is 2.22. The van der Waals surface area contributed by atoms with E-state index >= 15 is 0 Å². The minimum absolute atomic E-state index is 0. The van der Waals surface area contributed by atoms with E-state index in [1.54, 1.807) is 6.33 Å². The van der Waals surface area contributed by atoms with Gasteiger partial charge in [0.1, 0.15) is 5.82 Å². The maximum absolute atomic E-state index is 8.19. The molecule has 3 aromatic heterocycles. The molecule has 8 rings (SSSR count). The van der Waals surface area contributed by atoms with Crippen molar-refractivity contribution in [1.82, 2.24) is 18.7 Å². The van der Waals surface area contributed by atoms with Crippen molar-refractivity contribution in [2.75, 3.05) is 4.90 Å². The molecule has 246 valence electrons. The van der Waals surface area contributed by atoms with Gasteiger partial charge in [-0.15, -0.1) is 29.7 Å². The number of aryl methyl sites for hydroxylation is 3. The van der Waals surface area contributed by atoms with E-state index in [4.69, 9.17) is 9.10 Å². The predicted octanol–water partition coefficient (Wildman–Crippen LogP) is 10.7. The first-order chi connectivity index (χ1) is 24.4. The van der Waals surface area contributed by atoms with Crippen molar-refractivity contribution >= 4 is 49.9 Å². The number of benzene rings is 5. The van der Waals surface area contributed by atoms with Gasteiger partial charge in [0.25, 0.3) is 0 Å². The number of para-hydroxylation sites is 4. The van der Waals surface area contributed by atoms with Gasteiger partial charge < -0.3 is 9.47 Å². The quantitative estimate of drug-likeness (QED) is 0.162. The smallest absolute Gasteiger partial charge is 0.188 e. The monoisotopic (exact) mass is 822 g/mol. The van der Waals surface area contributed by atoms with Crippen LogP contribution >= 0.6 is 0 Å². The zero-order valence-corrected chi connectivity index (χ0v) is 30.4. The molecule has 0 bridgehead atoms. The fourth-order valence-corrected chi connectivity index (χ4v) is 6.81. The zero-order chi connectivity index (χ0) is 35.7. The second kappa shape index (κ2) is 12.5. The van der Waals surface area contributed by atoms with Crippen LogP contribution in [0.3, 0.4) is 0 Å². The van der Waals surface area contributed by atoms with Crippen molar-refractivity contribution in [3.05, 3.63) is 151 Å². The molecule has 0 saturated carbocycles. The van der Waals surface area contributed by atoms with E-state index in [2.05, 4.69) is 123 Å². The fraction of sp³-hybridized carbons (Fsp3) is 0.163. The molecule has 0 N–H and O–H groups in total. The number of rotatable bonds is 5. The minimum Gasteiger partial charge on any atom is -0.357 e. The molecule has 0 fully saturated rings. The molecule has 0 unspecified atom stereocenters. The molecule has 8 aromatic rings. The van der Waals surface area contributed by atoms with Gasteiger partial charge in [-0.25, -0.2) is 14.1 Å². The summed E-state index contributed by atoms with van der Waals surface area (Å²) in [6.45, 7) is 8.55. The van der Waals surface area contributed by atoms with Crippen molar-refractivity contribution in [3.8, 4) is 11.5 Å². The van der Waals surface area contributed by atoms with Gasteiger partial charge in [-0.05, 0) is 71.7 Å². The van der Waals surface area contributed by atoms with Crippen LogP contribution in [0.1, 0.15) is 41.6 Å². The first-order valence-electron chi connectivity index (χ1n) is 17.7. The zero-order valence-electron chi connectivity index (χ0n) is 31.1. The van der Waals surface area contributed by atoms with Crippen LogP contribution in [-0.2, 0) is 33.5 Å². The van der Waals surface area contributed by atoms with Crippen molar-refractivity contribution in [1.29, 1.82) is 0 Å². The molecule has 5 nitrogen and oxygen atoms in total. The summed E-state index contributed by atoms with van der Waals surface area (Å²) in [5.41, 5.74) is 10.2. The first kappa shape index (κ1) is 29.0. The molecule has 0 radical (unpaired) electrons. The van der Waals surface area contributed by atoms with Gasteiger partial charge in [0, 0.05) is 67.4 Å². The van der Waals surface area contributed by atoms with Gasteiger partial charge in [-0.2, -0.15) is 12.1 Å². The van der Waals surface area contributed by atoms with Gasteiger partial charge in [-0.1, -0.05) is 80.1 Å². The summed E-state index contributed by atoms with van der Waals surface area (Å²) in [7, 11) is 0. The third kappa shape index (κ3) is 5.56. The Balaban J connectivity index is 0.00000420. The van der Waals surface area contributed by atoms with Gasteiger partial charge in [0.05, 0.1) is 0 Å². The normalized spacial score (nSPS) is 12.9. The number of fused-ring (bicyclic) bond motifs is 4. The van der Waals surface area contributed by atoms with Crippen LogP contribution in [0.15, 0.2) is 122 Å². The Morgan fingerprint density at radius 1 is 0.735 bits per heavy atom. The molecule has 0 atom stereocenters. The maximum atomic E-state index is 8.19. The van der Waals surface area contributed by atoms with Gasteiger partial charge in [0.2, 0.25) is 0 Å². The van der Waals surface area contributed by atoms with Crippen LogP contribution < -0.4 is 4.90 Å². The maximum Gasteiger partial charge on any atom is 0.188 e. The second-order valence-electron chi connectivity index (χ2n) is 13.5. The molecule has 0 aliphatic carbocycles. The molecule has 0 aliphatic heterocycles. The molecular weight excluding hydrogens is 782 g/mol. The van der Waals surface area contributed by atoms with Crippen LogP contribution in [0.4, 0.5) is 17.1 Å². The van der Waals surface area contributed by atoms with Crippen LogP contribution in [0.5, 0.6) is 0 Å². The molecule has 0 amide bonds. The average molecular weight is 823 g/mol. The van der Waals surface area contributed by atoms with E-state index in [0.29, 0.717) is 5.52 Å². The van der Waals surface area contributed by atoms with Crippen LogP contribution in [0, 0.1) is 26.0 Å². The molecule has 3 heterocycles. The number of hydrogen-bond acceptors (Lipinski definition) is 2. The number of hydrogen-bond donors (Lipinski definition) is 0. The first-order valence-corrected chi connectivity index (χ1v) is 16.2. The Morgan fingerprint density at radius 2 is 1.43 bits per heavy atom. The summed E-state index contributed by atoms with van der Waals surface area (Å²) in [4.78, 5) is 7.09. The topological polar surface area (TPSA) is 30.9 Å². The number of pyridine rings is 1. The summed E-state index contributed by atoms with van der Waals surface area (Å²) in [6, 6.07) is 44.4. The average Bonchev–Trinajstić information content (AvgIpc) is 3.66. The van der Waals surface area contributed by atoms with Crippen molar-refractivity contribution < 1.29 is 25.2 Å². The van der Waals surface area contributed by atoms with E-state index in [1.165, 1.54) is 10.1 Å². The fourth-order valence-electron chi connectivity index (χ4n) is 6.81. The minimum atomic E-state index is -2.34. The van der Waals surface area contributed by atoms with Gasteiger partial charge in [-0.3, -0.25) is 0 Å². The summed E-state index contributed by atoms with van der Waals surface area (Å²) >= 11 is 0. The molecule has 0 aliphatic rings. The van der Waals surface area contributed by atoms with E-state index < -0.39 is 6.98 Å². The molecule has 0 spiro atoms. The van der Waals surface area contributed by atoms with E-state index in [9.17, 15) is 0 Å². The standard InChI is InChI=1S/C43H38N5.Pt/c1-29-13-11-14-30(2)42(29)47(33-16-12-15-32(26-33)46-28-45(6)38-19-9-10-20-39(38)46)34-21-22-36-35-17-7-8-18-37(35)48(40(36)27-34)41-25-31(23-24-44-41)43(3,4)5;/h7-25,28H,1-6H3;/q-1;/i6D3;. The Hall–Kier alpha value is -4.99. The van der Waals surface area contributed by atoms with Gasteiger partial charge >= 0.3 is 0 Å². The second-order valence-corrected chi connectivity index (χ2v) is 13.5. The van der Waals surface area contributed by atoms with Crippen molar-refractivity contribution in [3.63, 3.8) is 0 Å². The Labute approximate surface area is 306 Å². The Kier molecular flexibility index (Phi) is 7.37. The number of imidazole rings is 1. The van der Waals surface area contributed by atoms with Crippen LogP contribution in [-0.4, -0.2) is 18.7 Å². The molecule has 6 heteroatoms. The van der Waals surface area contributed by atoms with E-state index in [0.717, 1.165) is 67.0 Å². The number of aromatic nitrogens is 4. The summed E-state index contributed by atoms with van der Waals surface area (Å²) in [6.07, 6.45) is 3.54. The van der Waals surface area contributed by atoms with Crippen molar-refractivity contribution in [2.45, 2.75) is 40.0 Å². The van der Waals surface area contributed by atoms with E-state index in [-0.39, 0.29) is 26.5 Å². The van der Waals surface area contributed by atoms with E-state index in [1.807, 2.05) is 53.2 Å². The largest absolute Gasteiger partial charge is 0.357 e. The summed E-state index contributed by atoms with van der Waals surface area (Å²) < 4.78 is 30.0.